The Morgan fingerprint density at radius 2 is 1.91 bits per heavy atom. The molecule has 1 aliphatic rings. The summed E-state index contributed by atoms with van der Waals surface area (Å²) in [6.07, 6.45) is 7.68. The summed E-state index contributed by atoms with van der Waals surface area (Å²) in [4.78, 5) is 6.60. The molecular weight excluding hydrogens is 272 g/mol. The lowest BCUT2D eigenvalue weighted by Gasteiger charge is -2.26. The van der Waals surface area contributed by atoms with Crippen LogP contribution in [0.3, 0.4) is 0 Å². The zero-order chi connectivity index (χ0) is 15.2. The number of rotatable bonds is 6. The van der Waals surface area contributed by atoms with Crippen molar-refractivity contribution in [3.8, 4) is 0 Å². The highest BCUT2D eigenvalue weighted by molar-refractivity contribution is 5.17. The summed E-state index contributed by atoms with van der Waals surface area (Å²) in [6, 6.07) is 14.7. The molecule has 1 aliphatic heterocycles. The minimum atomic E-state index is -0.354. The molecule has 1 saturated heterocycles. The Hall–Kier alpha value is -1.71. The van der Waals surface area contributed by atoms with Crippen molar-refractivity contribution in [2.75, 3.05) is 13.1 Å². The van der Waals surface area contributed by atoms with E-state index in [1.807, 2.05) is 42.7 Å². The van der Waals surface area contributed by atoms with Crippen molar-refractivity contribution in [2.24, 2.45) is 0 Å². The highest BCUT2D eigenvalue weighted by Gasteiger charge is 2.26. The highest BCUT2D eigenvalue weighted by Crippen LogP contribution is 2.27. The molecule has 0 aliphatic carbocycles. The lowest BCUT2D eigenvalue weighted by Crippen LogP contribution is -2.32. The van der Waals surface area contributed by atoms with Gasteiger partial charge in [-0.25, -0.2) is 0 Å². The number of benzene rings is 1. The molecule has 2 heterocycles. The molecular formula is C19H24N2O. The van der Waals surface area contributed by atoms with Crippen LogP contribution in [0.4, 0.5) is 0 Å². The number of likely N-dealkylation sites (tertiary alicyclic amines) is 1. The molecule has 116 valence electrons. The maximum atomic E-state index is 10.4. The average molecular weight is 296 g/mol. The maximum Gasteiger partial charge on any atom is 0.0805 e. The molecule has 2 atom stereocenters. The van der Waals surface area contributed by atoms with Crippen molar-refractivity contribution in [3.63, 3.8) is 0 Å². The molecule has 0 radical (unpaired) electrons. The first-order valence-corrected chi connectivity index (χ1v) is 8.19. The molecule has 3 rings (SSSR count). The van der Waals surface area contributed by atoms with Crippen LogP contribution in [-0.2, 0) is 6.42 Å². The second kappa shape index (κ2) is 7.52. The van der Waals surface area contributed by atoms with E-state index in [-0.39, 0.29) is 6.10 Å². The van der Waals surface area contributed by atoms with Gasteiger partial charge in [-0.2, -0.15) is 0 Å². The van der Waals surface area contributed by atoms with Crippen molar-refractivity contribution in [3.05, 3.63) is 66.0 Å². The van der Waals surface area contributed by atoms with E-state index in [1.54, 1.807) is 0 Å². The minimum absolute atomic E-state index is 0.354. The molecule has 3 nitrogen and oxygen atoms in total. The van der Waals surface area contributed by atoms with Gasteiger partial charge in [-0.3, -0.25) is 9.88 Å². The third-order valence-corrected chi connectivity index (χ3v) is 4.62. The lowest BCUT2D eigenvalue weighted by atomic mass is 10.0. The Morgan fingerprint density at radius 1 is 1.14 bits per heavy atom. The summed E-state index contributed by atoms with van der Waals surface area (Å²) in [6.45, 7) is 2.22. The summed E-state index contributed by atoms with van der Waals surface area (Å²) >= 11 is 0. The molecule has 1 fully saturated rings. The van der Waals surface area contributed by atoms with Gasteiger partial charge < -0.3 is 5.11 Å². The van der Waals surface area contributed by atoms with Crippen LogP contribution in [0.15, 0.2) is 54.9 Å². The van der Waals surface area contributed by atoms with E-state index in [4.69, 9.17) is 0 Å². The fraction of sp³-hybridized carbons (Fsp3) is 0.421. The predicted octanol–water partition coefficient (Wildman–Crippen LogP) is 3.21. The van der Waals surface area contributed by atoms with Crippen molar-refractivity contribution in [1.82, 2.24) is 9.88 Å². The summed E-state index contributed by atoms with van der Waals surface area (Å²) < 4.78 is 0. The van der Waals surface area contributed by atoms with Crippen molar-refractivity contribution < 1.29 is 5.11 Å². The molecule has 0 unspecified atom stereocenters. The first-order valence-electron chi connectivity index (χ1n) is 8.19. The zero-order valence-corrected chi connectivity index (χ0v) is 12.9. The van der Waals surface area contributed by atoms with Gasteiger partial charge >= 0.3 is 0 Å². The number of hydrogen-bond acceptors (Lipinski definition) is 3. The summed E-state index contributed by atoms with van der Waals surface area (Å²) in [5, 5.41) is 10.4. The van der Waals surface area contributed by atoms with E-state index in [0.29, 0.717) is 6.04 Å². The molecule has 0 amide bonds. The minimum Gasteiger partial charge on any atom is -0.388 e. The number of aromatic nitrogens is 1. The quantitative estimate of drug-likeness (QED) is 0.889. The van der Waals surface area contributed by atoms with Crippen molar-refractivity contribution in [2.45, 2.75) is 37.8 Å². The highest BCUT2D eigenvalue weighted by atomic mass is 16.3. The average Bonchev–Trinajstić information content (AvgIpc) is 3.02. The fourth-order valence-corrected chi connectivity index (χ4v) is 3.35. The second-order valence-corrected chi connectivity index (χ2v) is 6.10. The van der Waals surface area contributed by atoms with E-state index in [1.165, 1.54) is 18.4 Å². The summed E-state index contributed by atoms with van der Waals surface area (Å²) in [5.74, 6) is 0. The third kappa shape index (κ3) is 3.93. The summed E-state index contributed by atoms with van der Waals surface area (Å²) in [5.41, 5.74) is 2.37. The largest absolute Gasteiger partial charge is 0.388 e. The topological polar surface area (TPSA) is 36.4 Å². The number of aliphatic hydroxyl groups is 1. The molecule has 2 aromatic rings. The van der Waals surface area contributed by atoms with Crippen LogP contribution in [0.2, 0.25) is 0 Å². The molecule has 22 heavy (non-hydrogen) atoms. The molecule has 0 spiro atoms. The predicted molar refractivity (Wildman–Crippen MR) is 88.6 cm³/mol. The fourth-order valence-electron chi connectivity index (χ4n) is 3.35. The first-order chi connectivity index (χ1) is 10.8. The molecule has 0 saturated carbocycles. The lowest BCUT2D eigenvalue weighted by molar-refractivity contribution is 0.121. The number of aliphatic hydroxyl groups excluding tert-OH is 1. The Balaban J connectivity index is 1.54. The molecule has 1 aromatic heterocycles. The van der Waals surface area contributed by atoms with E-state index in [2.05, 4.69) is 22.0 Å². The van der Waals surface area contributed by atoms with Crippen molar-refractivity contribution in [1.29, 1.82) is 0 Å². The Bertz CT molecular complexity index is 558. The Labute approximate surface area is 132 Å². The van der Waals surface area contributed by atoms with Crippen LogP contribution >= 0.6 is 0 Å². The van der Waals surface area contributed by atoms with Crippen LogP contribution in [0.1, 0.15) is 36.5 Å². The van der Waals surface area contributed by atoms with Crippen LogP contribution < -0.4 is 0 Å². The van der Waals surface area contributed by atoms with Crippen LogP contribution in [-0.4, -0.2) is 34.1 Å². The number of pyridine rings is 1. The van der Waals surface area contributed by atoms with Crippen LogP contribution in [0.5, 0.6) is 0 Å². The first kappa shape index (κ1) is 15.2. The Kier molecular flexibility index (Phi) is 5.20. The maximum absolute atomic E-state index is 10.4. The van der Waals surface area contributed by atoms with Crippen LogP contribution in [0, 0.1) is 0 Å². The zero-order valence-electron chi connectivity index (χ0n) is 12.9. The molecule has 1 aromatic carbocycles. The van der Waals surface area contributed by atoms with Gasteiger partial charge in [0.1, 0.15) is 0 Å². The summed E-state index contributed by atoms with van der Waals surface area (Å²) in [7, 11) is 0. The van der Waals surface area contributed by atoms with Gasteiger partial charge in [-0.15, -0.1) is 0 Å². The standard InChI is InChI=1S/C19H24N2O/c22-19(17-5-2-1-3-6-17)15-18-7-4-13-21(18)14-10-16-8-11-20-12-9-16/h1-3,5-6,8-9,11-12,18-19,22H,4,7,10,13-15H2/t18-,19-/m0/s1. The van der Waals surface area contributed by atoms with Gasteiger partial charge in [0.2, 0.25) is 0 Å². The van der Waals surface area contributed by atoms with Crippen LogP contribution in [0.25, 0.3) is 0 Å². The van der Waals surface area contributed by atoms with E-state index in [0.717, 1.165) is 31.5 Å². The van der Waals surface area contributed by atoms with Crippen molar-refractivity contribution >= 4 is 0 Å². The van der Waals surface area contributed by atoms with Gasteiger partial charge in [0.05, 0.1) is 6.10 Å². The number of hydrogen-bond donors (Lipinski definition) is 1. The molecule has 1 N–H and O–H groups in total. The van der Waals surface area contributed by atoms with Gasteiger partial charge in [0, 0.05) is 25.0 Å². The van der Waals surface area contributed by atoms with E-state index < -0.39 is 0 Å². The number of nitrogens with zero attached hydrogens (tertiary/aromatic N) is 2. The monoisotopic (exact) mass is 296 g/mol. The van der Waals surface area contributed by atoms with Gasteiger partial charge in [0.25, 0.3) is 0 Å². The van der Waals surface area contributed by atoms with Gasteiger partial charge in [-0.1, -0.05) is 30.3 Å². The van der Waals surface area contributed by atoms with Gasteiger partial charge in [-0.05, 0) is 55.5 Å². The second-order valence-electron chi connectivity index (χ2n) is 6.10. The smallest absolute Gasteiger partial charge is 0.0805 e. The van der Waals surface area contributed by atoms with E-state index in [9.17, 15) is 5.11 Å². The van der Waals surface area contributed by atoms with E-state index >= 15 is 0 Å². The normalized spacial score (nSPS) is 20.1. The van der Waals surface area contributed by atoms with Gasteiger partial charge in [0.15, 0.2) is 0 Å². The molecule has 3 heteroatoms. The Morgan fingerprint density at radius 3 is 2.68 bits per heavy atom. The SMILES string of the molecule is O[C@@H](C[C@@H]1CCCN1CCc1ccncc1)c1ccccc1. The third-order valence-electron chi connectivity index (χ3n) is 4.62. The molecule has 0 bridgehead atoms.